The molecule has 1 unspecified atom stereocenters. The maximum absolute atomic E-state index is 12.0. The minimum Gasteiger partial charge on any atom is -0.508 e. The molecular formula is C32H56N2O4S. The Balaban J connectivity index is 1.91. The number of phenols is 1. The highest BCUT2D eigenvalue weighted by atomic mass is 32.2. The van der Waals surface area contributed by atoms with Gasteiger partial charge in [0.15, 0.2) is 0 Å². The van der Waals surface area contributed by atoms with Crippen molar-refractivity contribution in [3.8, 4) is 11.5 Å². The first-order chi connectivity index (χ1) is 19.0. The van der Waals surface area contributed by atoms with Crippen molar-refractivity contribution < 1.29 is 19.4 Å². The number of rotatable bonds is 26. The van der Waals surface area contributed by atoms with E-state index in [-0.39, 0.29) is 24.0 Å². The van der Waals surface area contributed by atoms with Gasteiger partial charge in [0.1, 0.15) is 24.5 Å². The Morgan fingerprint density at radius 2 is 1.31 bits per heavy atom. The van der Waals surface area contributed by atoms with E-state index < -0.39 is 0 Å². The van der Waals surface area contributed by atoms with Gasteiger partial charge in [-0.3, -0.25) is 9.59 Å². The summed E-state index contributed by atoms with van der Waals surface area (Å²) in [6, 6.07) is 6.40. The first-order valence-corrected chi connectivity index (χ1v) is 16.7. The number of nitrogens with one attached hydrogen (secondary N) is 2. The van der Waals surface area contributed by atoms with E-state index in [1.165, 1.54) is 96.3 Å². The van der Waals surface area contributed by atoms with Crippen molar-refractivity contribution in [1.82, 2.24) is 10.6 Å². The summed E-state index contributed by atoms with van der Waals surface area (Å²) in [5.41, 5.74) is 0. The number of aromatic hydroxyl groups is 1. The molecule has 0 aromatic heterocycles. The summed E-state index contributed by atoms with van der Waals surface area (Å²) in [4.78, 5) is 23.9. The number of carbonyl (C=O) groups is 2. The zero-order chi connectivity index (χ0) is 28.4. The molecule has 0 aliphatic heterocycles. The zero-order valence-electron chi connectivity index (χ0n) is 24.8. The minimum atomic E-state index is -0.306. The predicted octanol–water partition coefficient (Wildman–Crippen LogP) is 7.78. The maximum atomic E-state index is 12.0. The molecule has 224 valence electrons. The van der Waals surface area contributed by atoms with Crippen LogP contribution in [0.15, 0.2) is 24.3 Å². The van der Waals surface area contributed by atoms with Crippen LogP contribution in [-0.2, 0) is 9.59 Å². The van der Waals surface area contributed by atoms with Gasteiger partial charge in [0, 0.05) is 11.8 Å². The second-order valence-electron chi connectivity index (χ2n) is 10.5. The highest BCUT2D eigenvalue weighted by Crippen LogP contribution is 2.22. The number of carbonyl (C=O) groups excluding carboxylic acids is 2. The van der Waals surface area contributed by atoms with Crippen molar-refractivity contribution in [2.45, 2.75) is 128 Å². The molecule has 1 aromatic rings. The summed E-state index contributed by atoms with van der Waals surface area (Å²) in [7, 11) is 0. The summed E-state index contributed by atoms with van der Waals surface area (Å²) in [5, 5.41) is 15.5. The van der Waals surface area contributed by atoms with Crippen molar-refractivity contribution in [2.75, 3.05) is 25.4 Å². The molecule has 0 aliphatic rings. The number of unbranched alkanes of at least 4 members (excludes halogenated alkanes) is 12. The first-order valence-electron chi connectivity index (χ1n) is 15.6. The zero-order valence-corrected chi connectivity index (χ0v) is 25.6. The lowest BCUT2D eigenvalue weighted by Crippen LogP contribution is -2.34. The van der Waals surface area contributed by atoms with E-state index >= 15 is 0 Å². The smallest absolute Gasteiger partial charge is 0.229 e. The van der Waals surface area contributed by atoms with Crippen LogP contribution in [0.25, 0.3) is 0 Å². The minimum absolute atomic E-state index is 0.164. The normalized spacial score (nSPS) is 11.7. The molecule has 0 fully saturated rings. The quantitative estimate of drug-likeness (QED) is 0.0790. The number of thioether (sulfide) groups is 1. The van der Waals surface area contributed by atoms with Crippen LogP contribution in [0, 0.1) is 0 Å². The van der Waals surface area contributed by atoms with Crippen molar-refractivity contribution >= 4 is 23.6 Å². The van der Waals surface area contributed by atoms with Crippen LogP contribution in [0.4, 0.5) is 0 Å². The highest BCUT2D eigenvalue weighted by molar-refractivity contribution is 7.99. The van der Waals surface area contributed by atoms with E-state index in [4.69, 9.17) is 4.74 Å². The van der Waals surface area contributed by atoms with Crippen molar-refractivity contribution in [2.24, 2.45) is 0 Å². The summed E-state index contributed by atoms with van der Waals surface area (Å²) < 4.78 is 5.48. The second kappa shape index (κ2) is 25.1. The molecule has 3 N–H and O–H groups in total. The predicted molar refractivity (Wildman–Crippen MR) is 166 cm³/mol. The van der Waals surface area contributed by atoms with Gasteiger partial charge < -0.3 is 20.5 Å². The molecule has 0 radical (unpaired) electrons. The van der Waals surface area contributed by atoms with Crippen molar-refractivity contribution in [3.05, 3.63) is 24.3 Å². The molecule has 1 atom stereocenters. The third kappa shape index (κ3) is 21.6. The molecule has 2 amide bonds. The molecule has 39 heavy (non-hydrogen) atoms. The average molecular weight is 565 g/mol. The fourth-order valence-corrected chi connectivity index (χ4v) is 5.73. The van der Waals surface area contributed by atoms with E-state index in [1.807, 2.05) is 11.8 Å². The fraction of sp³-hybridized carbons (Fsp3) is 0.750. The molecule has 0 bridgehead atoms. The summed E-state index contributed by atoms with van der Waals surface area (Å²) in [5.74, 6) is 1.29. The molecular weight excluding hydrogens is 508 g/mol. The van der Waals surface area contributed by atoms with Crippen LogP contribution in [0.3, 0.4) is 0 Å². The largest absolute Gasteiger partial charge is 0.508 e. The molecule has 6 nitrogen and oxygen atoms in total. The highest BCUT2D eigenvalue weighted by Gasteiger charge is 2.10. The van der Waals surface area contributed by atoms with Gasteiger partial charge in [-0.2, -0.15) is 11.8 Å². The van der Waals surface area contributed by atoms with E-state index in [2.05, 4.69) is 24.5 Å². The van der Waals surface area contributed by atoms with E-state index in [0.29, 0.717) is 30.7 Å². The summed E-state index contributed by atoms with van der Waals surface area (Å²) >= 11 is 2.03. The van der Waals surface area contributed by atoms with Crippen LogP contribution in [0.2, 0.25) is 0 Å². The van der Waals surface area contributed by atoms with Gasteiger partial charge >= 0.3 is 0 Å². The monoisotopic (exact) mass is 564 g/mol. The van der Waals surface area contributed by atoms with Crippen LogP contribution in [-0.4, -0.2) is 47.6 Å². The Hall–Kier alpha value is -1.89. The first kappa shape index (κ1) is 35.1. The molecule has 0 saturated carbocycles. The van der Waals surface area contributed by atoms with Crippen LogP contribution in [0.5, 0.6) is 11.5 Å². The van der Waals surface area contributed by atoms with Crippen molar-refractivity contribution in [1.29, 1.82) is 0 Å². The van der Waals surface area contributed by atoms with E-state index in [9.17, 15) is 14.7 Å². The molecule has 7 heteroatoms. The number of benzene rings is 1. The molecule has 0 aliphatic carbocycles. The standard InChI is InChI=1S/C32H56N2O4S/c1-3-5-6-7-8-9-10-11-12-13-14-15-16-18-30(4-2)39-26-17-23-33-31(36)27-32(37)34-24-25-38-29-21-19-28(35)20-22-29/h19-22,30,35H,3-18,23-27H2,1-2H3,(H,33,36)(H,34,37). The third-order valence-corrected chi connectivity index (χ3v) is 8.50. The Kier molecular flexibility index (Phi) is 22.6. The Morgan fingerprint density at radius 3 is 1.87 bits per heavy atom. The molecule has 1 rings (SSSR count). The fourth-order valence-electron chi connectivity index (χ4n) is 4.52. The lowest BCUT2D eigenvalue weighted by atomic mass is 10.0. The van der Waals surface area contributed by atoms with E-state index in [1.54, 1.807) is 24.3 Å². The van der Waals surface area contributed by atoms with Crippen LogP contribution < -0.4 is 15.4 Å². The van der Waals surface area contributed by atoms with Gasteiger partial charge in [-0.05, 0) is 49.3 Å². The van der Waals surface area contributed by atoms with E-state index in [0.717, 1.165) is 12.2 Å². The number of hydrogen-bond acceptors (Lipinski definition) is 5. The summed E-state index contributed by atoms with van der Waals surface area (Å²) in [6.07, 6.45) is 21.4. The van der Waals surface area contributed by atoms with Crippen LogP contribution >= 0.6 is 11.8 Å². The molecule has 1 aromatic carbocycles. The van der Waals surface area contributed by atoms with Gasteiger partial charge in [0.2, 0.25) is 11.8 Å². The molecule has 0 saturated heterocycles. The van der Waals surface area contributed by atoms with Gasteiger partial charge in [-0.1, -0.05) is 97.3 Å². The Bertz CT molecular complexity index is 729. The summed E-state index contributed by atoms with van der Waals surface area (Å²) in [6.45, 7) is 5.78. The van der Waals surface area contributed by atoms with Gasteiger partial charge in [-0.15, -0.1) is 0 Å². The van der Waals surface area contributed by atoms with Gasteiger partial charge in [0.25, 0.3) is 0 Å². The van der Waals surface area contributed by atoms with Gasteiger partial charge in [0.05, 0.1) is 6.54 Å². The van der Waals surface area contributed by atoms with Crippen molar-refractivity contribution in [3.63, 3.8) is 0 Å². The van der Waals surface area contributed by atoms with Gasteiger partial charge in [-0.25, -0.2) is 0 Å². The third-order valence-electron chi connectivity index (χ3n) is 6.93. The Labute approximate surface area is 242 Å². The number of hydrogen-bond donors (Lipinski definition) is 3. The topological polar surface area (TPSA) is 87.7 Å². The lowest BCUT2D eigenvalue weighted by Gasteiger charge is -2.14. The number of phenolic OH excluding ortho intramolecular Hbond substituents is 1. The SMILES string of the molecule is CCCCCCCCCCCCCCCC(CC)SCCCNC(=O)CC(=O)NCCOc1ccc(O)cc1. The molecule has 0 spiro atoms. The number of ether oxygens (including phenoxy) is 1. The average Bonchev–Trinajstić information content (AvgIpc) is 2.93. The lowest BCUT2D eigenvalue weighted by molar-refractivity contribution is -0.129. The Morgan fingerprint density at radius 1 is 0.769 bits per heavy atom. The number of amides is 2. The molecule has 0 heterocycles. The maximum Gasteiger partial charge on any atom is 0.229 e. The van der Waals surface area contributed by atoms with Crippen LogP contribution in [0.1, 0.15) is 123 Å². The second-order valence-corrected chi connectivity index (χ2v) is 11.9.